The Morgan fingerprint density at radius 2 is 1.12 bits per heavy atom. The molecule has 0 fully saturated rings. The lowest BCUT2D eigenvalue weighted by atomic mass is 10.2. The number of unbranched alkanes of at least 4 members (excludes halogenated alkanes) is 4. The van der Waals surface area contributed by atoms with Crippen LogP contribution in [0.15, 0.2) is 19.4 Å². The van der Waals surface area contributed by atoms with E-state index < -0.39 is 0 Å². The van der Waals surface area contributed by atoms with Gasteiger partial charge in [0, 0.05) is 24.5 Å². The van der Waals surface area contributed by atoms with Crippen LogP contribution in [0.5, 0.6) is 0 Å². The van der Waals surface area contributed by atoms with Crippen LogP contribution in [-0.4, -0.2) is 19.6 Å². The minimum absolute atomic E-state index is 0.00700. The van der Waals surface area contributed by atoms with Gasteiger partial charge >= 0.3 is 0 Å². The van der Waals surface area contributed by atoms with Gasteiger partial charge in [0.25, 0.3) is 11.1 Å². The van der Waals surface area contributed by atoms with Crippen LogP contribution in [0.1, 0.15) is 63.8 Å². The predicted molar refractivity (Wildman–Crippen MR) is 110 cm³/mol. The molecule has 146 valence electrons. The highest BCUT2D eigenvalue weighted by Crippen LogP contribution is 2.36. The number of hydrogen-bond donors (Lipinski definition) is 2. The van der Waals surface area contributed by atoms with Crippen molar-refractivity contribution in [3.63, 3.8) is 0 Å². The first-order valence-electron chi connectivity index (χ1n) is 9.42. The zero-order valence-corrected chi connectivity index (χ0v) is 17.8. The van der Waals surface area contributed by atoms with Crippen molar-refractivity contribution in [2.24, 2.45) is 0 Å². The van der Waals surface area contributed by atoms with Gasteiger partial charge in [-0.3, -0.25) is 29.2 Å². The first-order chi connectivity index (χ1) is 12.5. The van der Waals surface area contributed by atoms with Gasteiger partial charge in [-0.05, 0) is 48.3 Å². The Balaban J connectivity index is 2.07. The van der Waals surface area contributed by atoms with Gasteiger partial charge in [-0.2, -0.15) is 0 Å². The Labute approximate surface area is 162 Å². The second-order valence-corrected chi connectivity index (χ2v) is 8.78. The van der Waals surface area contributed by atoms with Crippen LogP contribution < -0.4 is 11.1 Å². The van der Waals surface area contributed by atoms with E-state index in [1.165, 1.54) is 21.6 Å². The van der Waals surface area contributed by atoms with Crippen LogP contribution in [0.4, 0.5) is 0 Å². The summed E-state index contributed by atoms with van der Waals surface area (Å²) in [4.78, 5) is 26.5. The molecule has 0 bridgehead atoms. The molecule has 0 aliphatic rings. The molecule has 0 unspecified atom stereocenters. The molecule has 2 aromatic rings. The highest BCUT2D eigenvalue weighted by atomic mass is 33.1. The molecule has 0 amide bonds. The number of hydrogen-bond acceptors (Lipinski definition) is 4. The Kier molecular flexibility index (Phi) is 8.21. The molecule has 0 radical (unpaired) electrons. The fraction of sp³-hybridized carbons (Fsp3) is 0.667. The molecule has 2 rings (SSSR count). The standard InChI is InChI=1S/C18H30N4O2S2/c1-5-7-9-11-21-17(23)15(13(3)19-21)25-26-16-14(4)20-22(18(16)24)12-10-8-6-2/h19-20H,5-12H2,1-4H3. The van der Waals surface area contributed by atoms with E-state index in [-0.39, 0.29) is 11.1 Å². The third-order valence-electron chi connectivity index (χ3n) is 4.34. The van der Waals surface area contributed by atoms with Crippen molar-refractivity contribution in [2.75, 3.05) is 0 Å². The van der Waals surface area contributed by atoms with Crippen LogP contribution in [0.3, 0.4) is 0 Å². The van der Waals surface area contributed by atoms with Gasteiger partial charge in [0.05, 0.1) is 0 Å². The Morgan fingerprint density at radius 3 is 1.46 bits per heavy atom. The van der Waals surface area contributed by atoms with E-state index in [0.717, 1.165) is 49.9 Å². The third kappa shape index (κ3) is 5.13. The van der Waals surface area contributed by atoms with Crippen molar-refractivity contribution < 1.29 is 0 Å². The van der Waals surface area contributed by atoms with E-state index in [1.807, 2.05) is 13.8 Å². The van der Waals surface area contributed by atoms with Gasteiger partial charge in [-0.15, -0.1) is 0 Å². The van der Waals surface area contributed by atoms with Crippen molar-refractivity contribution in [3.8, 4) is 0 Å². The smallest absolute Gasteiger partial charge is 0.281 e. The third-order valence-corrected chi connectivity index (χ3v) is 6.97. The molecule has 0 atom stereocenters. The van der Waals surface area contributed by atoms with Crippen molar-refractivity contribution in [1.29, 1.82) is 0 Å². The highest BCUT2D eigenvalue weighted by molar-refractivity contribution is 8.76. The molecule has 0 aromatic carbocycles. The highest BCUT2D eigenvalue weighted by Gasteiger charge is 2.16. The van der Waals surface area contributed by atoms with Gasteiger partial charge in [-0.1, -0.05) is 39.5 Å². The molecular formula is C18H30N4O2S2. The number of aryl methyl sites for hydroxylation is 4. The summed E-state index contributed by atoms with van der Waals surface area (Å²) < 4.78 is 3.36. The van der Waals surface area contributed by atoms with E-state index in [4.69, 9.17) is 0 Å². The molecule has 0 saturated heterocycles. The SMILES string of the molecule is CCCCCn1[nH]c(C)c(SSc2c(C)[nH]n(CCCCC)c2=O)c1=O. The molecule has 2 aromatic heterocycles. The van der Waals surface area contributed by atoms with Gasteiger partial charge in [-0.25, -0.2) is 0 Å². The molecule has 0 saturated carbocycles. The zero-order valence-electron chi connectivity index (χ0n) is 16.2. The molecule has 0 spiro atoms. The normalized spacial score (nSPS) is 11.4. The number of aromatic amines is 2. The van der Waals surface area contributed by atoms with Crippen molar-refractivity contribution >= 4 is 21.6 Å². The molecule has 26 heavy (non-hydrogen) atoms. The second-order valence-electron chi connectivity index (χ2n) is 6.63. The number of aromatic nitrogens is 4. The summed E-state index contributed by atoms with van der Waals surface area (Å²) in [6, 6.07) is 0. The van der Waals surface area contributed by atoms with Crippen molar-refractivity contribution in [1.82, 2.24) is 19.6 Å². The molecule has 6 nitrogen and oxygen atoms in total. The fourth-order valence-electron chi connectivity index (χ4n) is 2.81. The summed E-state index contributed by atoms with van der Waals surface area (Å²) in [6.45, 7) is 9.54. The summed E-state index contributed by atoms with van der Waals surface area (Å²) in [5.74, 6) is 0. The lowest BCUT2D eigenvalue weighted by Crippen LogP contribution is -2.18. The largest absolute Gasteiger partial charge is 0.299 e. The van der Waals surface area contributed by atoms with Crippen LogP contribution in [-0.2, 0) is 13.1 Å². The molecule has 0 aliphatic heterocycles. The average Bonchev–Trinajstić information content (AvgIpc) is 3.03. The minimum Gasteiger partial charge on any atom is -0.299 e. The molecular weight excluding hydrogens is 368 g/mol. The minimum atomic E-state index is 0.00700. The summed E-state index contributed by atoms with van der Waals surface area (Å²) in [5.41, 5.74) is 1.74. The second kappa shape index (κ2) is 10.2. The fourth-order valence-corrected chi connectivity index (χ4v) is 5.36. The Morgan fingerprint density at radius 1 is 0.731 bits per heavy atom. The van der Waals surface area contributed by atoms with E-state index in [2.05, 4.69) is 24.0 Å². The van der Waals surface area contributed by atoms with Crippen LogP contribution in [0.25, 0.3) is 0 Å². The summed E-state index contributed by atoms with van der Waals surface area (Å²) >= 11 is 0. The van der Waals surface area contributed by atoms with Crippen molar-refractivity contribution in [2.45, 2.75) is 89.1 Å². The first-order valence-corrected chi connectivity index (χ1v) is 11.6. The summed E-state index contributed by atoms with van der Waals surface area (Å²) in [5, 5.41) is 6.31. The molecule has 2 N–H and O–H groups in total. The van der Waals surface area contributed by atoms with E-state index >= 15 is 0 Å². The Hall–Kier alpha value is -1.28. The average molecular weight is 399 g/mol. The van der Waals surface area contributed by atoms with Gasteiger partial charge in [0.1, 0.15) is 9.79 Å². The van der Waals surface area contributed by atoms with Crippen LogP contribution in [0, 0.1) is 13.8 Å². The Bertz CT molecular complexity index is 748. The topological polar surface area (TPSA) is 75.6 Å². The number of nitrogens with zero attached hydrogens (tertiary/aromatic N) is 2. The van der Waals surface area contributed by atoms with Gasteiger partial charge < -0.3 is 0 Å². The van der Waals surface area contributed by atoms with Crippen LogP contribution >= 0.6 is 21.6 Å². The summed E-state index contributed by atoms with van der Waals surface area (Å²) in [6.07, 6.45) is 6.47. The first kappa shape index (κ1) is 21.0. The lowest BCUT2D eigenvalue weighted by molar-refractivity contribution is 0.537. The molecule has 8 heteroatoms. The monoisotopic (exact) mass is 398 g/mol. The maximum absolute atomic E-state index is 12.6. The molecule has 2 heterocycles. The summed E-state index contributed by atoms with van der Waals surface area (Å²) in [7, 11) is 2.75. The quantitative estimate of drug-likeness (QED) is 0.433. The van der Waals surface area contributed by atoms with E-state index in [0.29, 0.717) is 22.9 Å². The maximum Gasteiger partial charge on any atom is 0.281 e. The van der Waals surface area contributed by atoms with Gasteiger partial charge in [0.2, 0.25) is 0 Å². The van der Waals surface area contributed by atoms with Gasteiger partial charge in [0.15, 0.2) is 0 Å². The number of nitrogens with one attached hydrogen (secondary N) is 2. The lowest BCUT2D eigenvalue weighted by Gasteiger charge is -1.99. The number of rotatable bonds is 11. The van der Waals surface area contributed by atoms with E-state index in [1.54, 1.807) is 9.36 Å². The van der Waals surface area contributed by atoms with Crippen molar-refractivity contribution in [3.05, 3.63) is 32.1 Å². The van der Waals surface area contributed by atoms with Crippen LogP contribution in [0.2, 0.25) is 0 Å². The predicted octanol–water partition coefficient (Wildman–Crippen LogP) is 4.46. The zero-order chi connectivity index (χ0) is 19.1. The van der Waals surface area contributed by atoms with E-state index in [9.17, 15) is 9.59 Å². The number of H-pyrrole nitrogens is 2. The maximum atomic E-state index is 12.6. The molecule has 0 aliphatic carbocycles.